The van der Waals surface area contributed by atoms with Crippen molar-refractivity contribution in [3.05, 3.63) is 0 Å². The van der Waals surface area contributed by atoms with E-state index in [-0.39, 0.29) is 13.1 Å². The molecule has 102 valence electrons. The smallest absolute Gasteiger partial charge is 0.389 e. The third kappa shape index (κ3) is 5.22. The molecule has 0 amide bonds. The number of sulfonamides is 1. The van der Waals surface area contributed by atoms with Crippen LogP contribution in [0.4, 0.5) is 13.2 Å². The van der Waals surface area contributed by atoms with Crippen LogP contribution in [0.25, 0.3) is 0 Å². The fourth-order valence-electron chi connectivity index (χ4n) is 1.76. The molecule has 1 fully saturated rings. The quantitative estimate of drug-likeness (QED) is 0.836. The Bertz CT molecular complexity index is 342. The first kappa shape index (κ1) is 14.7. The summed E-state index contributed by atoms with van der Waals surface area (Å²) < 4.78 is 60.1. The van der Waals surface area contributed by atoms with Crippen molar-refractivity contribution in [2.75, 3.05) is 18.8 Å². The summed E-state index contributed by atoms with van der Waals surface area (Å²) in [5.41, 5.74) is 0. The van der Waals surface area contributed by atoms with Crippen molar-refractivity contribution < 1.29 is 26.7 Å². The molecule has 17 heavy (non-hydrogen) atoms. The lowest BCUT2D eigenvalue weighted by molar-refractivity contribution is -0.134. The second kappa shape index (κ2) is 5.53. The van der Waals surface area contributed by atoms with Gasteiger partial charge in [-0.3, -0.25) is 0 Å². The third-order valence-electron chi connectivity index (χ3n) is 2.62. The van der Waals surface area contributed by atoms with Gasteiger partial charge < -0.3 is 5.11 Å². The normalized spacial score (nSPS) is 23.9. The molecule has 4 nitrogen and oxygen atoms in total. The third-order valence-corrected chi connectivity index (χ3v) is 4.54. The van der Waals surface area contributed by atoms with E-state index in [2.05, 4.69) is 0 Å². The number of hydrogen-bond acceptors (Lipinski definition) is 3. The zero-order chi connectivity index (χ0) is 13.1. The number of alkyl halides is 3. The van der Waals surface area contributed by atoms with Crippen LogP contribution in [0.3, 0.4) is 0 Å². The number of piperidine rings is 1. The summed E-state index contributed by atoms with van der Waals surface area (Å²) in [5, 5.41) is 9.31. The zero-order valence-electron chi connectivity index (χ0n) is 9.28. The number of aliphatic hydroxyl groups excluding tert-OH is 1. The molecule has 0 radical (unpaired) electrons. The Morgan fingerprint density at radius 3 is 2.53 bits per heavy atom. The summed E-state index contributed by atoms with van der Waals surface area (Å²) in [7, 11) is -3.67. The predicted molar refractivity (Wildman–Crippen MR) is 55.9 cm³/mol. The molecule has 0 bridgehead atoms. The van der Waals surface area contributed by atoms with Crippen LogP contribution in [0.5, 0.6) is 0 Å². The van der Waals surface area contributed by atoms with Crippen LogP contribution in [0.2, 0.25) is 0 Å². The van der Waals surface area contributed by atoms with E-state index >= 15 is 0 Å². The van der Waals surface area contributed by atoms with Gasteiger partial charge in [0.15, 0.2) is 0 Å². The highest BCUT2D eigenvalue weighted by Crippen LogP contribution is 2.22. The Hall–Kier alpha value is -0.340. The van der Waals surface area contributed by atoms with E-state index in [0.29, 0.717) is 12.8 Å². The molecule has 1 saturated heterocycles. The van der Waals surface area contributed by atoms with Gasteiger partial charge in [-0.15, -0.1) is 0 Å². The van der Waals surface area contributed by atoms with Gasteiger partial charge in [-0.25, -0.2) is 8.42 Å². The summed E-state index contributed by atoms with van der Waals surface area (Å²) in [6.07, 6.45) is -5.48. The summed E-state index contributed by atoms with van der Waals surface area (Å²) >= 11 is 0. The van der Waals surface area contributed by atoms with Crippen molar-refractivity contribution in [1.29, 1.82) is 0 Å². The number of aliphatic hydroxyl groups is 1. The SMILES string of the molecule is O=S(=O)(CCCC(F)(F)F)N1CCCC(O)C1. The van der Waals surface area contributed by atoms with Crippen molar-refractivity contribution in [3.63, 3.8) is 0 Å². The van der Waals surface area contributed by atoms with E-state index in [1.165, 1.54) is 0 Å². The van der Waals surface area contributed by atoms with E-state index < -0.39 is 40.9 Å². The monoisotopic (exact) mass is 275 g/mol. The first-order valence-corrected chi connectivity index (χ1v) is 7.04. The van der Waals surface area contributed by atoms with Gasteiger partial charge >= 0.3 is 6.18 Å². The molecule has 0 spiro atoms. The summed E-state index contributed by atoms with van der Waals surface area (Å²) in [4.78, 5) is 0. The maximum absolute atomic E-state index is 11.9. The summed E-state index contributed by atoms with van der Waals surface area (Å²) in [5.74, 6) is -0.515. The molecule has 1 atom stereocenters. The molecule has 1 unspecified atom stereocenters. The van der Waals surface area contributed by atoms with E-state index in [4.69, 9.17) is 0 Å². The van der Waals surface area contributed by atoms with Crippen LogP contribution in [-0.4, -0.2) is 49.0 Å². The van der Waals surface area contributed by atoms with Gasteiger partial charge in [-0.1, -0.05) is 0 Å². The van der Waals surface area contributed by atoms with Crippen LogP contribution < -0.4 is 0 Å². The Kier molecular flexibility index (Phi) is 4.79. The lowest BCUT2D eigenvalue weighted by Gasteiger charge is -2.29. The molecular weight excluding hydrogens is 259 g/mol. The maximum atomic E-state index is 11.9. The fourth-order valence-corrected chi connectivity index (χ4v) is 3.33. The van der Waals surface area contributed by atoms with E-state index in [9.17, 15) is 26.7 Å². The highest BCUT2D eigenvalue weighted by atomic mass is 32.2. The first-order valence-electron chi connectivity index (χ1n) is 5.43. The highest BCUT2D eigenvalue weighted by molar-refractivity contribution is 7.89. The lowest BCUT2D eigenvalue weighted by atomic mass is 10.1. The Balaban J connectivity index is 2.45. The molecule has 0 aromatic rings. The summed E-state index contributed by atoms with van der Waals surface area (Å²) in [6, 6.07) is 0. The van der Waals surface area contributed by atoms with Crippen LogP contribution >= 0.6 is 0 Å². The number of halogens is 3. The van der Waals surface area contributed by atoms with Crippen molar-refractivity contribution >= 4 is 10.0 Å². The minimum atomic E-state index is -4.32. The van der Waals surface area contributed by atoms with Gasteiger partial charge in [0, 0.05) is 19.5 Å². The van der Waals surface area contributed by atoms with Crippen molar-refractivity contribution in [2.45, 2.75) is 38.0 Å². The number of nitrogens with zero attached hydrogens (tertiary/aromatic N) is 1. The van der Waals surface area contributed by atoms with Gasteiger partial charge in [-0.2, -0.15) is 17.5 Å². The van der Waals surface area contributed by atoms with Crippen molar-refractivity contribution in [2.24, 2.45) is 0 Å². The van der Waals surface area contributed by atoms with Gasteiger partial charge in [-0.05, 0) is 19.3 Å². The summed E-state index contributed by atoms with van der Waals surface area (Å²) in [6.45, 7) is 0.278. The Morgan fingerprint density at radius 2 is 2.00 bits per heavy atom. The Morgan fingerprint density at radius 1 is 1.35 bits per heavy atom. The second-order valence-electron chi connectivity index (χ2n) is 4.19. The molecule has 1 heterocycles. The molecule has 8 heteroatoms. The van der Waals surface area contributed by atoms with Crippen molar-refractivity contribution in [3.8, 4) is 0 Å². The minimum Gasteiger partial charge on any atom is -0.392 e. The molecule has 1 aliphatic heterocycles. The van der Waals surface area contributed by atoms with Crippen LogP contribution in [0.15, 0.2) is 0 Å². The maximum Gasteiger partial charge on any atom is 0.389 e. The van der Waals surface area contributed by atoms with Gasteiger partial charge in [0.1, 0.15) is 0 Å². The van der Waals surface area contributed by atoms with Gasteiger partial charge in [0.2, 0.25) is 10.0 Å². The molecule has 1 rings (SSSR count). The zero-order valence-corrected chi connectivity index (χ0v) is 10.1. The average molecular weight is 275 g/mol. The predicted octanol–water partition coefficient (Wildman–Crippen LogP) is 1.12. The van der Waals surface area contributed by atoms with Crippen LogP contribution in [0.1, 0.15) is 25.7 Å². The minimum absolute atomic E-state index is 0.00560. The van der Waals surface area contributed by atoms with Crippen molar-refractivity contribution in [1.82, 2.24) is 4.31 Å². The molecule has 0 aromatic heterocycles. The molecule has 0 aromatic carbocycles. The van der Waals surface area contributed by atoms with Crippen LogP contribution in [0, 0.1) is 0 Å². The lowest BCUT2D eigenvalue weighted by Crippen LogP contribution is -2.43. The molecule has 1 aliphatic rings. The van der Waals surface area contributed by atoms with Crippen LogP contribution in [-0.2, 0) is 10.0 Å². The van der Waals surface area contributed by atoms with Gasteiger partial charge in [0.05, 0.1) is 11.9 Å². The number of rotatable bonds is 4. The van der Waals surface area contributed by atoms with E-state index in [1.807, 2.05) is 0 Å². The first-order chi connectivity index (χ1) is 7.71. The molecule has 1 N–H and O–H groups in total. The average Bonchev–Trinajstić information content (AvgIpc) is 2.15. The number of hydrogen-bond donors (Lipinski definition) is 1. The topological polar surface area (TPSA) is 57.6 Å². The largest absolute Gasteiger partial charge is 0.392 e. The molecular formula is C9H16F3NO3S. The highest BCUT2D eigenvalue weighted by Gasteiger charge is 2.31. The molecule has 0 saturated carbocycles. The fraction of sp³-hybridized carbons (Fsp3) is 1.00. The van der Waals surface area contributed by atoms with Gasteiger partial charge in [0.25, 0.3) is 0 Å². The van der Waals surface area contributed by atoms with E-state index in [1.54, 1.807) is 0 Å². The Labute approximate surface area is 98.5 Å². The molecule has 0 aliphatic carbocycles. The number of β-amino-alcohol motifs (C(OH)–C–C–N with tert-alkyl or cyclic N) is 1. The van der Waals surface area contributed by atoms with E-state index in [0.717, 1.165) is 4.31 Å². The standard InChI is InChI=1S/C9H16F3NO3S/c10-9(11,12)4-2-6-17(15,16)13-5-1-3-8(14)7-13/h8,14H,1-7H2. The second-order valence-corrected chi connectivity index (χ2v) is 6.28.